The summed E-state index contributed by atoms with van der Waals surface area (Å²) in [5.74, 6) is -0.0860. The fourth-order valence-corrected chi connectivity index (χ4v) is 6.38. The molecular weight excluding hydrogens is 489 g/mol. The number of amides is 1. The molecule has 0 bridgehead atoms. The molecule has 2 aromatic heterocycles. The first-order chi connectivity index (χ1) is 16.1. The van der Waals surface area contributed by atoms with Gasteiger partial charge in [0.2, 0.25) is 0 Å². The number of nitrogens with one attached hydrogen (secondary N) is 1. The van der Waals surface area contributed by atoms with Crippen molar-refractivity contribution in [2.75, 3.05) is 31.1 Å². The second-order valence-electron chi connectivity index (χ2n) is 7.56. The minimum absolute atomic E-state index is 0.123. The van der Waals surface area contributed by atoms with E-state index < -0.39 is 21.8 Å². The van der Waals surface area contributed by atoms with Crippen LogP contribution in [0.2, 0.25) is 0 Å². The van der Waals surface area contributed by atoms with Gasteiger partial charge in [0.1, 0.15) is 10.0 Å². The first kappa shape index (κ1) is 24.2. The maximum Gasteiger partial charge on any atom is 0.416 e. The molecule has 1 amide bonds. The molecule has 1 aliphatic heterocycles. The number of aromatic nitrogens is 1. The van der Waals surface area contributed by atoms with Gasteiger partial charge in [-0.2, -0.15) is 17.5 Å². The molecule has 1 fully saturated rings. The molecular formula is C22H21F3N4O3S2. The van der Waals surface area contributed by atoms with Crippen LogP contribution in [0.5, 0.6) is 0 Å². The number of hydrogen-bond acceptors (Lipinski definition) is 6. The highest BCUT2D eigenvalue weighted by molar-refractivity contribution is 7.91. The summed E-state index contributed by atoms with van der Waals surface area (Å²) in [5.41, 5.74) is -0.280. The Labute approximate surface area is 198 Å². The lowest BCUT2D eigenvalue weighted by Gasteiger charge is -2.34. The minimum atomic E-state index is -4.47. The SMILES string of the molecule is O=C(NCc1ccc(S(=O)(=O)N2CCN(c3cc(C(F)(F)F)ccn3)CC2)s1)c1ccccc1. The van der Waals surface area contributed by atoms with Crippen molar-refractivity contribution in [2.45, 2.75) is 16.9 Å². The Balaban J connectivity index is 1.37. The van der Waals surface area contributed by atoms with Crippen LogP contribution >= 0.6 is 11.3 Å². The van der Waals surface area contributed by atoms with E-state index in [2.05, 4.69) is 10.3 Å². The van der Waals surface area contributed by atoms with Gasteiger partial charge in [-0.3, -0.25) is 4.79 Å². The van der Waals surface area contributed by atoms with Gasteiger partial charge >= 0.3 is 6.18 Å². The van der Waals surface area contributed by atoms with Crippen LogP contribution in [0, 0.1) is 0 Å². The fraction of sp³-hybridized carbons (Fsp3) is 0.273. The molecule has 1 aromatic carbocycles. The lowest BCUT2D eigenvalue weighted by Crippen LogP contribution is -2.48. The van der Waals surface area contributed by atoms with Gasteiger partial charge in [0.15, 0.2) is 0 Å². The molecule has 180 valence electrons. The van der Waals surface area contributed by atoms with Crippen LogP contribution in [0.15, 0.2) is 65.0 Å². The van der Waals surface area contributed by atoms with E-state index in [-0.39, 0.29) is 48.7 Å². The number of carbonyl (C=O) groups excluding carboxylic acids is 1. The van der Waals surface area contributed by atoms with Crippen LogP contribution < -0.4 is 10.2 Å². The zero-order valence-corrected chi connectivity index (χ0v) is 19.5. The summed E-state index contributed by atoms with van der Waals surface area (Å²) in [4.78, 5) is 18.5. The van der Waals surface area contributed by atoms with Crippen LogP contribution in [-0.2, 0) is 22.7 Å². The number of rotatable bonds is 6. The molecule has 3 heterocycles. The van der Waals surface area contributed by atoms with Crippen molar-refractivity contribution in [3.05, 3.63) is 76.8 Å². The van der Waals surface area contributed by atoms with Crippen LogP contribution in [-0.4, -0.2) is 49.8 Å². The maximum atomic E-state index is 13.1. The number of piperazine rings is 1. The average molecular weight is 511 g/mol. The molecule has 4 rings (SSSR count). The number of sulfonamides is 1. The van der Waals surface area contributed by atoms with Gasteiger partial charge in [-0.15, -0.1) is 11.3 Å². The normalized spacial score (nSPS) is 15.3. The Kier molecular flexibility index (Phi) is 6.91. The van der Waals surface area contributed by atoms with Crippen molar-refractivity contribution in [1.29, 1.82) is 0 Å². The fourth-order valence-electron chi connectivity index (χ4n) is 3.50. The molecule has 7 nitrogen and oxygen atoms in total. The number of carbonyl (C=O) groups is 1. The molecule has 34 heavy (non-hydrogen) atoms. The van der Waals surface area contributed by atoms with Crippen molar-refractivity contribution in [3.63, 3.8) is 0 Å². The topological polar surface area (TPSA) is 82.6 Å². The predicted octanol–water partition coefficient (Wildman–Crippen LogP) is 3.60. The molecule has 0 unspecified atom stereocenters. The lowest BCUT2D eigenvalue weighted by atomic mass is 10.2. The first-order valence-electron chi connectivity index (χ1n) is 10.3. The second kappa shape index (κ2) is 9.72. The third-order valence-electron chi connectivity index (χ3n) is 5.33. The molecule has 0 aliphatic carbocycles. The second-order valence-corrected chi connectivity index (χ2v) is 10.9. The standard InChI is InChI=1S/C22H21F3N4O3S2/c23-22(24,25)17-8-9-26-19(14-17)28-10-12-29(13-11-28)34(31,32)20-7-6-18(33-20)15-27-21(30)16-4-2-1-3-5-16/h1-9,14H,10-13,15H2,(H,27,30). The highest BCUT2D eigenvalue weighted by Crippen LogP contribution is 2.31. The average Bonchev–Trinajstić information content (AvgIpc) is 3.33. The number of hydrogen-bond donors (Lipinski definition) is 1. The zero-order chi connectivity index (χ0) is 24.3. The molecule has 12 heteroatoms. The Morgan fingerprint density at radius 1 is 1.03 bits per heavy atom. The van der Waals surface area contributed by atoms with Crippen molar-refractivity contribution in [2.24, 2.45) is 0 Å². The molecule has 3 aromatic rings. The number of pyridine rings is 1. The molecule has 0 spiro atoms. The van der Waals surface area contributed by atoms with Crippen molar-refractivity contribution < 1.29 is 26.4 Å². The smallest absolute Gasteiger partial charge is 0.354 e. The van der Waals surface area contributed by atoms with Crippen LogP contribution in [0.4, 0.5) is 19.0 Å². The third-order valence-corrected chi connectivity index (χ3v) is 8.78. The number of nitrogens with zero attached hydrogens (tertiary/aromatic N) is 3. The summed E-state index contributed by atoms with van der Waals surface area (Å²) in [6.45, 7) is 0.886. The van der Waals surface area contributed by atoms with E-state index in [1.54, 1.807) is 35.2 Å². The van der Waals surface area contributed by atoms with Gasteiger partial charge < -0.3 is 10.2 Å². The predicted molar refractivity (Wildman–Crippen MR) is 122 cm³/mol. The largest absolute Gasteiger partial charge is 0.416 e. The number of alkyl halides is 3. The summed E-state index contributed by atoms with van der Waals surface area (Å²) in [5, 5.41) is 2.77. The highest BCUT2D eigenvalue weighted by atomic mass is 32.2. The van der Waals surface area contributed by atoms with Crippen LogP contribution in [0.3, 0.4) is 0 Å². The van der Waals surface area contributed by atoms with Gasteiger partial charge in [0, 0.05) is 42.8 Å². The number of halogens is 3. The van der Waals surface area contributed by atoms with Gasteiger partial charge in [-0.05, 0) is 36.4 Å². The van der Waals surface area contributed by atoms with E-state index in [1.807, 2.05) is 6.07 Å². The van der Waals surface area contributed by atoms with E-state index in [4.69, 9.17) is 0 Å². The van der Waals surface area contributed by atoms with Gasteiger partial charge in [-0.1, -0.05) is 18.2 Å². The van der Waals surface area contributed by atoms with E-state index in [0.29, 0.717) is 10.4 Å². The number of benzene rings is 1. The first-order valence-corrected chi connectivity index (χ1v) is 12.6. The van der Waals surface area contributed by atoms with Crippen molar-refractivity contribution >= 4 is 33.1 Å². The van der Waals surface area contributed by atoms with Gasteiger partial charge in [0.05, 0.1) is 12.1 Å². The minimum Gasteiger partial charge on any atom is -0.354 e. The molecule has 0 saturated carbocycles. The maximum absolute atomic E-state index is 13.1. The van der Waals surface area contributed by atoms with Crippen molar-refractivity contribution in [1.82, 2.24) is 14.6 Å². The summed E-state index contributed by atoms with van der Waals surface area (Å²) < 4.78 is 66.5. The van der Waals surface area contributed by atoms with Gasteiger partial charge in [0.25, 0.3) is 15.9 Å². The molecule has 0 radical (unpaired) electrons. The van der Waals surface area contributed by atoms with E-state index in [9.17, 15) is 26.4 Å². The molecule has 1 saturated heterocycles. The Bertz CT molecular complexity index is 1260. The Morgan fingerprint density at radius 2 is 1.74 bits per heavy atom. The quantitative estimate of drug-likeness (QED) is 0.548. The monoisotopic (exact) mass is 510 g/mol. The zero-order valence-electron chi connectivity index (χ0n) is 17.8. The van der Waals surface area contributed by atoms with Crippen LogP contribution in [0.25, 0.3) is 0 Å². The summed E-state index contributed by atoms with van der Waals surface area (Å²) in [7, 11) is -3.76. The molecule has 1 aliphatic rings. The van der Waals surface area contributed by atoms with Crippen molar-refractivity contribution in [3.8, 4) is 0 Å². The summed E-state index contributed by atoms with van der Waals surface area (Å²) in [6, 6.07) is 13.7. The van der Waals surface area contributed by atoms with E-state index in [0.717, 1.165) is 29.7 Å². The van der Waals surface area contributed by atoms with E-state index in [1.165, 1.54) is 10.4 Å². The number of thiophene rings is 1. The molecule has 0 atom stereocenters. The summed E-state index contributed by atoms with van der Waals surface area (Å²) in [6.07, 6.45) is -3.37. The summed E-state index contributed by atoms with van der Waals surface area (Å²) >= 11 is 1.08. The third kappa shape index (κ3) is 5.40. The van der Waals surface area contributed by atoms with Gasteiger partial charge in [-0.25, -0.2) is 13.4 Å². The Hall–Kier alpha value is -2.96. The lowest BCUT2D eigenvalue weighted by molar-refractivity contribution is -0.137. The highest BCUT2D eigenvalue weighted by Gasteiger charge is 2.33. The van der Waals surface area contributed by atoms with E-state index >= 15 is 0 Å². The van der Waals surface area contributed by atoms with Crippen LogP contribution in [0.1, 0.15) is 20.8 Å². The Morgan fingerprint density at radius 3 is 2.41 bits per heavy atom. The molecule has 1 N–H and O–H groups in total. The number of anilines is 1.